The first-order valence-corrected chi connectivity index (χ1v) is 6.88. The van der Waals surface area contributed by atoms with Gasteiger partial charge in [0, 0.05) is 15.4 Å². The molecule has 0 bridgehead atoms. The van der Waals surface area contributed by atoms with Crippen LogP contribution in [-0.2, 0) is 0 Å². The molecule has 4 heteroatoms. The molecule has 2 aromatic rings. The highest BCUT2D eigenvalue weighted by molar-refractivity contribution is 9.10. The second-order valence-electron chi connectivity index (χ2n) is 3.56. The van der Waals surface area contributed by atoms with Gasteiger partial charge in [-0.1, -0.05) is 28.1 Å². The van der Waals surface area contributed by atoms with Gasteiger partial charge in [0.05, 0.1) is 0 Å². The predicted molar refractivity (Wildman–Crippen MR) is 76.4 cm³/mol. The molecule has 88 valence electrons. The Kier molecular flexibility index (Phi) is 4.08. The summed E-state index contributed by atoms with van der Waals surface area (Å²) in [5, 5.41) is 12.6. The zero-order valence-electron chi connectivity index (χ0n) is 9.26. The summed E-state index contributed by atoms with van der Waals surface area (Å²) in [6, 6.07) is 11.1. The maximum absolute atomic E-state index is 12.0. The Labute approximate surface area is 117 Å². The highest BCUT2D eigenvalue weighted by Gasteiger charge is 2.12. The Hall–Kier alpha value is -1.70. The molecule has 0 amide bonds. The molecule has 0 N–H and O–H groups in total. The maximum Gasteiger partial charge on any atom is 0.204 e. The smallest absolute Gasteiger partial charge is 0.204 e. The summed E-state index contributed by atoms with van der Waals surface area (Å²) in [5.74, 6) is -0.235. The van der Waals surface area contributed by atoms with E-state index in [1.165, 1.54) is 11.3 Å². The molecule has 0 radical (unpaired) electrons. The molecule has 18 heavy (non-hydrogen) atoms. The van der Waals surface area contributed by atoms with E-state index in [2.05, 4.69) is 15.9 Å². The quantitative estimate of drug-likeness (QED) is 0.481. The highest BCUT2D eigenvalue weighted by Crippen LogP contribution is 2.16. The van der Waals surface area contributed by atoms with Crippen molar-refractivity contribution in [1.82, 2.24) is 0 Å². The van der Waals surface area contributed by atoms with Gasteiger partial charge in [-0.15, -0.1) is 0 Å². The van der Waals surface area contributed by atoms with Crippen LogP contribution in [0.3, 0.4) is 0 Å². The topological polar surface area (TPSA) is 40.9 Å². The van der Waals surface area contributed by atoms with Crippen molar-refractivity contribution in [2.45, 2.75) is 0 Å². The van der Waals surface area contributed by atoms with Crippen molar-refractivity contribution in [2.75, 3.05) is 0 Å². The van der Waals surface area contributed by atoms with Crippen molar-refractivity contribution < 1.29 is 4.79 Å². The van der Waals surface area contributed by atoms with Crippen LogP contribution < -0.4 is 0 Å². The lowest BCUT2D eigenvalue weighted by atomic mass is 10.0. The van der Waals surface area contributed by atoms with Crippen LogP contribution in [0.1, 0.15) is 15.9 Å². The van der Waals surface area contributed by atoms with Gasteiger partial charge in [0.15, 0.2) is 0 Å². The highest BCUT2D eigenvalue weighted by atomic mass is 79.9. The average molecular weight is 318 g/mol. The number of carbonyl (C=O) groups is 1. The summed E-state index contributed by atoms with van der Waals surface area (Å²) < 4.78 is 0.960. The lowest BCUT2D eigenvalue weighted by molar-refractivity contribution is 0.104. The van der Waals surface area contributed by atoms with Crippen molar-refractivity contribution in [2.24, 2.45) is 0 Å². The number of nitriles is 1. The standard InChI is InChI=1S/C14H8BrNOS/c15-13-3-1-10(2-4-13)7-12(8-16)14(17)11-5-6-18-9-11/h1-7,9H/b12-7+. The van der Waals surface area contributed by atoms with Crippen LogP contribution in [0, 0.1) is 11.3 Å². The van der Waals surface area contributed by atoms with Gasteiger partial charge in [-0.05, 0) is 35.2 Å². The van der Waals surface area contributed by atoms with Gasteiger partial charge < -0.3 is 0 Å². The van der Waals surface area contributed by atoms with Crippen LogP contribution in [0.5, 0.6) is 0 Å². The monoisotopic (exact) mass is 317 g/mol. The molecule has 1 heterocycles. The minimum Gasteiger partial charge on any atom is -0.288 e. The van der Waals surface area contributed by atoms with Crippen molar-refractivity contribution in [1.29, 1.82) is 5.26 Å². The van der Waals surface area contributed by atoms with E-state index in [4.69, 9.17) is 5.26 Å². The Bertz CT molecular complexity index is 621. The number of hydrogen-bond acceptors (Lipinski definition) is 3. The molecule has 2 nitrogen and oxygen atoms in total. The third-order valence-corrected chi connectivity index (χ3v) is 3.54. The average Bonchev–Trinajstić information content (AvgIpc) is 2.91. The van der Waals surface area contributed by atoms with E-state index in [-0.39, 0.29) is 11.4 Å². The molecule has 0 saturated carbocycles. The van der Waals surface area contributed by atoms with Gasteiger partial charge in [0.25, 0.3) is 0 Å². The first-order valence-electron chi connectivity index (χ1n) is 5.15. The van der Waals surface area contributed by atoms with Crippen LogP contribution in [0.2, 0.25) is 0 Å². The molecule has 0 atom stereocenters. The number of benzene rings is 1. The summed E-state index contributed by atoms with van der Waals surface area (Å²) in [6.07, 6.45) is 1.60. The Balaban J connectivity index is 2.32. The number of thiophene rings is 1. The van der Waals surface area contributed by atoms with Gasteiger partial charge in [0.2, 0.25) is 5.78 Å². The molecule has 0 aliphatic carbocycles. The number of Topliss-reactive ketones (excluding diaryl/α,β-unsaturated/α-hetero) is 1. The maximum atomic E-state index is 12.0. The Morgan fingerprint density at radius 1 is 1.28 bits per heavy atom. The lowest BCUT2D eigenvalue weighted by Crippen LogP contribution is -1.99. The fourth-order valence-corrected chi connectivity index (χ4v) is 2.32. The zero-order valence-corrected chi connectivity index (χ0v) is 11.7. The van der Waals surface area contributed by atoms with Crippen LogP contribution in [0.4, 0.5) is 0 Å². The van der Waals surface area contributed by atoms with Crippen LogP contribution in [-0.4, -0.2) is 5.78 Å². The fourth-order valence-electron chi connectivity index (χ4n) is 1.42. The minimum absolute atomic E-state index is 0.149. The predicted octanol–water partition coefficient (Wildman–Crippen LogP) is 4.30. The minimum atomic E-state index is -0.235. The van der Waals surface area contributed by atoms with Gasteiger partial charge in [-0.25, -0.2) is 0 Å². The molecular weight excluding hydrogens is 310 g/mol. The van der Waals surface area contributed by atoms with Crippen LogP contribution >= 0.6 is 27.3 Å². The number of carbonyl (C=O) groups excluding carboxylic acids is 1. The van der Waals surface area contributed by atoms with E-state index in [1.54, 1.807) is 17.5 Å². The van der Waals surface area contributed by atoms with E-state index in [1.807, 2.05) is 35.7 Å². The van der Waals surface area contributed by atoms with Crippen LogP contribution in [0.15, 0.2) is 51.1 Å². The number of nitrogens with zero attached hydrogens (tertiary/aromatic N) is 1. The number of rotatable bonds is 3. The SMILES string of the molecule is N#C/C(=C\c1ccc(Br)cc1)C(=O)c1ccsc1. The molecular formula is C14H8BrNOS. The normalized spacial score (nSPS) is 11.0. The second-order valence-corrected chi connectivity index (χ2v) is 5.26. The number of allylic oxidation sites excluding steroid dienone is 1. The van der Waals surface area contributed by atoms with Gasteiger partial charge in [0.1, 0.15) is 11.6 Å². The van der Waals surface area contributed by atoms with Crippen molar-refractivity contribution in [3.05, 3.63) is 62.3 Å². The van der Waals surface area contributed by atoms with Gasteiger partial charge in [-0.3, -0.25) is 4.79 Å². The fraction of sp³-hybridized carbons (Fsp3) is 0. The number of halogens is 1. The molecule has 0 spiro atoms. The number of hydrogen-bond donors (Lipinski definition) is 0. The third-order valence-electron chi connectivity index (χ3n) is 2.33. The van der Waals surface area contributed by atoms with E-state index in [9.17, 15) is 4.79 Å². The Morgan fingerprint density at radius 3 is 2.56 bits per heavy atom. The molecule has 0 aliphatic heterocycles. The molecule has 0 unspecified atom stereocenters. The van der Waals surface area contributed by atoms with E-state index in [0.29, 0.717) is 5.56 Å². The van der Waals surface area contributed by atoms with Crippen molar-refractivity contribution in [3.8, 4) is 6.07 Å². The van der Waals surface area contributed by atoms with E-state index < -0.39 is 0 Å². The first-order chi connectivity index (χ1) is 8.70. The molecule has 1 aromatic heterocycles. The van der Waals surface area contributed by atoms with E-state index in [0.717, 1.165) is 10.0 Å². The Morgan fingerprint density at radius 2 is 2.00 bits per heavy atom. The molecule has 2 rings (SSSR count). The van der Waals surface area contributed by atoms with Crippen molar-refractivity contribution >= 4 is 39.1 Å². The second kappa shape index (κ2) is 5.76. The van der Waals surface area contributed by atoms with E-state index >= 15 is 0 Å². The summed E-state index contributed by atoms with van der Waals surface area (Å²) in [7, 11) is 0. The lowest BCUT2D eigenvalue weighted by Gasteiger charge is -1.97. The first kappa shape index (κ1) is 12.7. The summed E-state index contributed by atoms with van der Waals surface area (Å²) >= 11 is 4.78. The molecule has 0 saturated heterocycles. The molecule has 0 aliphatic rings. The van der Waals surface area contributed by atoms with Crippen molar-refractivity contribution in [3.63, 3.8) is 0 Å². The molecule has 0 fully saturated rings. The van der Waals surface area contributed by atoms with Gasteiger partial charge in [-0.2, -0.15) is 16.6 Å². The summed E-state index contributed by atoms with van der Waals surface area (Å²) in [6.45, 7) is 0. The zero-order chi connectivity index (χ0) is 13.0. The number of ketones is 1. The third kappa shape index (κ3) is 2.95. The summed E-state index contributed by atoms with van der Waals surface area (Å²) in [5.41, 5.74) is 1.54. The summed E-state index contributed by atoms with van der Waals surface area (Å²) in [4.78, 5) is 12.0. The molecule has 1 aromatic carbocycles. The van der Waals surface area contributed by atoms with Crippen LogP contribution in [0.25, 0.3) is 6.08 Å². The van der Waals surface area contributed by atoms with Gasteiger partial charge >= 0.3 is 0 Å². The largest absolute Gasteiger partial charge is 0.288 e.